The van der Waals surface area contributed by atoms with Crippen LogP contribution in [-0.2, 0) is 0 Å². The Morgan fingerprint density at radius 3 is 2.62 bits per heavy atom. The fourth-order valence-corrected chi connectivity index (χ4v) is 2.99. The van der Waals surface area contributed by atoms with Crippen molar-refractivity contribution in [2.75, 3.05) is 32.1 Å². The molecule has 6 heteroatoms. The lowest BCUT2D eigenvalue weighted by molar-refractivity contribution is 0.252. The highest BCUT2D eigenvalue weighted by atomic mass is 16.4. The molecule has 1 aliphatic rings. The van der Waals surface area contributed by atoms with Crippen molar-refractivity contribution < 1.29 is 5.21 Å². The number of hydrogen-bond donors (Lipinski definition) is 2. The Hall–Kier alpha value is -1.82. The Bertz CT molecular complexity index is 535. The number of hydrogen-bond acceptors (Lipinski definition) is 5. The molecular weight excluding hydrogens is 266 g/mol. The van der Waals surface area contributed by atoms with Gasteiger partial charge in [-0.25, -0.2) is 4.98 Å². The summed E-state index contributed by atoms with van der Waals surface area (Å²) in [5.41, 5.74) is 8.51. The monoisotopic (exact) mass is 291 g/mol. The van der Waals surface area contributed by atoms with E-state index >= 15 is 0 Å². The van der Waals surface area contributed by atoms with Gasteiger partial charge in [0, 0.05) is 18.8 Å². The zero-order chi connectivity index (χ0) is 15.6. The average molecular weight is 291 g/mol. The Kier molecular flexibility index (Phi) is 4.67. The minimum absolute atomic E-state index is 0.120. The van der Waals surface area contributed by atoms with E-state index < -0.39 is 0 Å². The molecule has 0 spiro atoms. The first kappa shape index (κ1) is 15.6. The van der Waals surface area contributed by atoms with Gasteiger partial charge < -0.3 is 20.7 Å². The van der Waals surface area contributed by atoms with Crippen LogP contribution in [0.15, 0.2) is 11.2 Å². The number of aromatic nitrogens is 1. The second-order valence-corrected chi connectivity index (χ2v) is 5.91. The van der Waals surface area contributed by atoms with Crippen LogP contribution in [-0.4, -0.2) is 54.2 Å². The number of pyridine rings is 1. The van der Waals surface area contributed by atoms with E-state index in [1.165, 1.54) is 0 Å². The predicted molar refractivity (Wildman–Crippen MR) is 85.1 cm³/mol. The normalized spacial score (nSPS) is 18.0. The smallest absolute Gasteiger partial charge is 0.174 e. The van der Waals surface area contributed by atoms with Crippen molar-refractivity contribution >= 4 is 11.7 Å². The van der Waals surface area contributed by atoms with Crippen LogP contribution in [0.1, 0.15) is 29.7 Å². The van der Waals surface area contributed by atoms with E-state index in [9.17, 15) is 0 Å². The summed E-state index contributed by atoms with van der Waals surface area (Å²) < 4.78 is 0. The topological polar surface area (TPSA) is 78.0 Å². The minimum atomic E-state index is 0.120. The second kappa shape index (κ2) is 6.30. The number of amidine groups is 1. The highest BCUT2D eigenvalue weighted by molar-refractivity contribution is 6.02. The van der Waals surface area contributed by atoms with Gasteiger partial charge in [0.05, 0.1) is 5.56 Å². The summed E-state index contributed by atoms with van der Waals surface area (Å²) in [5, 5.41) is 12.2. The molecule has 0 saturated carbocycles. The fourth-order valence-electron chi connectivity index (χ4n) is 2.99. The third kappa shape index (κ3) is 3.26. The molecule has 0 radical (unpaired) electrons. The van der Waals surface area contributed by atoms with E-state index in [4.69, 9.17) is 10.9 Å². The van der Waals surface area contributed by atoms with Crippen LogP contribution in [0, 0.1) is 13.8 Å². The molecule has 0 bridgehead atoms. The van der Waals surface area contributed by atoms with Gasteiger partial charge in [-0.3, -0.25) is 0 Å². The van der Waals surface area contributed by atoms with Crippen molar-refractivity contribution in [3.63, 3.8) is 0 Å². The lowest BCUT2D eigenvalue weighted by Gasteiger charge is -2.36. The lowest BCUT2D eigenvalue weighted by atomic mass is 10.0. The lowest BCUT2D eigenvalue weighted by Crippen LogP contribution is -2.43. The fraction of sp³-hybridized carbons (Fsp3) is 0.600. The highest BCUT2D eigenvalue weighted by Gasteiger charge is 2.25. The Morgan fingerprint density at radius 2 is 2.05 bits per heavy atom. The van der Waals surface area contributed by atoms with E-state index in [2.05, 4.69) is 27.0 Å². The van der Waals surface area contributed by atoms with E-state index in [0.717, 1.165) is 48.6 Å². The van der Waals surface area contributed by atoms with E-state index in [1.54, 1.807) is 0 Å². The van der Waals surface area contributed by atoms with Gasteiger partial charge in [-0.1, -0.05) is 5.16 Å². The molecule has 1 aromatic rings. The third-order valence-electron chi connectivity index (χ3n) is 4.26. The van der Waals surface area contributed by atoms with Gasteiger partial charge in [0.2, 0.25) is 0 Å². The molecule has 1 fully saturated rings. The summed E-state index contributed by atoms with van der Waals surface area (Å²) in [4.78, 5) is 9.16. The maximum absolute atomic E-state index is 9.04. The molecule has 1 aromatic heterocycles. The molecule has 1 saturated heterocycles. The van der Waals surface area contributed by atoms with Gasteiger partial charge in [-0.15, -0.1) is 0 Å². The van der Waals surface area contributed by atoms with Crippen LogP contribution in [0.25, 0.3) is 0 Å². The molecule has 0 unspecified atom stereocenters. The number of oxime groups is 1. The Balaban J connectivity index is 2.37. The van der Waals surface area contributed by atoms with Crippen molar-refractivity contribution in [2.45, 2.75) is 32.7 Å². The number of piperidine rings is 1. The molecule has 2 heterocycles. The summed E-state index contributed by atoms with van der Waals surface area (Å²) >= 11 is 0. The van der Waals surface area contributed by atoms with Crippen LogP contribution >= 0.6 is 0 Å². The largest absolute Gasteiger partial charge is 0.409 e. The molecule has 3 N–H and O–H groups in total. The molecule has 0 atom stereocenters. The van der Waals surface area contributed by atoms with Crippen LogP contribution in [0.2, 0.25) is 0 Å². The van der Waals surface area contributed by atoms with E-state index in [1.807, 2.05) is 27.0 Å². The third-order valence-corrected chi connectivity index (χ3v) is 4.26. The quantitative estimate of drug-likeness (QED) is 0.380. The number of aryl methyl sites for hydroxylation is 2. The van der Waals surface area contributed by atoms with Gasteiger partial charge in [0.25, 0.3) is 0 Å². The zero-order valence-corrected chi connectivity index (χ0v) is 13.3. The highest BCUT2D eigenvalue weighted by Crippen LogP contribution is 2.26. The van der Waals surface area contributed by atoms with Crippen LogP contribution in [0.4, 0.5) is 5.82 Å². The molecule has 0 amide bonds. The zero-order valence-electron chi connectivity index (χ0n) is 13.3. The summed E-state index contributed by atoms with van der Waals surface area (Å²) in [6.07, 6.45) is 2.19. The van der Waals surface area contributed by atoms with Gasteiger partial charge in [-0.05, 0) is 58.5 Å². The average Bonchev–Trinajstić information content (AvgIpc) is 2.45. The molecule has 21 heavy (non-hydrogen) atoms. The molecular formula is C15H25N5O. The second-order valence-electron chi connectivity index (χ2n) is 5.91. The Labute approximate surface area is 126 Å². The maximum Gasteiger partial charge on any atom is 0.174 e. The van der Waals surface area contributed by atoms with Crippen molar-refractivity contribution in [3.8, 4) is 0 Å². The van der Waals surface area contributed by atoms with Crippen LogP contribution in [0.5, 0.6) is 0 Å². The summed E-state index contributed by atoms with van der Waals surface area (Å²) in [6.45, 7) is 6.10. The van der Waals surface area contributed by atoms with Gasteiger partial charge in [-0.2, -0.15) is 0 Å². The van der Waals surface area contributed by atoms with Crippen molar-refractivity contribution in [2.24, 2.45) is 10.9 Å². The minimum Gasteiger partial charge on any atom is -0.409 e. The Morgan fingerprint density at radius 1 is 1.43 bits per heavy atom. The number of nitrogens with two attached hydrogens (primary N) is 1. The number of likely N-dealkylation sites (tertiary alicyclic amines) is 1. The first-order valence-corrected chi connectivity index (χ1v) is 7.31. The van der Waals surface area contributed by atoms with Gasteiger partial charge in [0.1, 0.15) is 5.82 Å². The molecule has 6 nitrogen and oxygen atoms in total. The predicted octanol–water partition coefficient (Wildman–Crippen LogP) is 1.32. The number of nitrogens with zero attached hydrogens (tertiary/aromatic N) is 4. The summed E-state index contributed by atoms with van der Waals surface area (Å²) in [7, 11) is 4.19. The molecule has 2 rings (SSSR count). The van der Waals surface area contributed by atoms with Crippen molar-refractivity contribution in [3.05, 3.63) is 22.9 Å². The van der Waals surface area contributed by atoms with Gasteiger partial charge in [0.15, 0.2) is 5.84 Å². The molecule has 0 aromatic carbocycles. The van der Waals surface area contributed by atoms with Crippen molar-refractivity contribution in [1.82, 2.24) is 9.88 Å². The van der Waals surface area contributed by atoms with Gasteiger partial charge >= 0.3 is 0 Å². The molecule has 116 valence electrons. The summed E-state index contributed by atoms with van der Waals surface area (Å²) in [5.74, 6) is 0.923. The number of anilines is 1. The first-order chi connectivity index (χ1) is 9.93. The SMILES string of the molecule is Cc1cc(C)c(C(N)=NO)c(N(C)C2CCN(C)CC2)n1. The van der Waals surface area contributed by atoms with E-state index in [0.29, 0.717) is 6.04 Å². The van der Waals surface area contributed by atoms with Crippen molar-refractivity contribution in [1.29, 1.82) is 0 Å². The molecule has 1 aliphatic heterocycles. The van der Waals surface area contributed by atoms with Crippen LogP contribution in [0.3, 0.4) is 0 Å². The molecule has 0 aliphatic carbocycles. The van der Waals surface area contributed by atoms with Crippen LogP contribution < -0.4 is 10.6 Å². The number of rotatable bonds is 3. The first-order valence-electron chi connectivity index (χ1n) is 7.31. The maximum atomic E-state index is 9.04. The summed E-state index contributed by atoms with van der Waals surface area (Å²) in [6, 6.07) is 2.39. The standard InChI is InChI=1S/C15H25N5O/c1-10-9-11(2)17-15(13(10)14(16)18-21)20(4)12-5-7-19(3)8-6-12/h9,12,21H,5-8H2,1-4H3,(H2,16,18). The van der Waals surface area contributed by atoms with E-state index in [-0.39, 0.29) is 5.84 Å².